The van der Waals surface area contributed by atoms with E-state index < -0.39 is 93.6 Å². The van der Waals surface area contributed by atoms with Crippen LogP contribution in [0, 0.1) is 16.2 Å². The summed E-state index contributed by atoms with van der Waals surface area (Å²) in [6.45, 7) is 50.7. The normalized spacial score (nSPS) is 13.7. The Morgan fingerprint density at radius 1 is 0.407 bits per heavy atom. The number of aryl methyl sites for hydroxylation is 3. The minimum Gasteiger partial charge on any atom is -0.512 e. The van der Waals surface area contributed by atoms with Gasteiger partial charge in [-0.3, -0.25) is 19.2 Å². The average Bonchev–Trinajstić information content (AvgIpc) is 1.42. The molecule has 0 saturated carbocycles. The summed E-state index contributed by atoms with van der Waals surface area (Å²) in [4.78, 5) is 56.3. The Labute approximate surface area is 518 Å². The van der Waals surface area contributed by atoms with Crippen LogP contribution in [0.5, 0.6) is 17.2 Å². The van der Waals surface area contributed by atoms with Crippen LogP contribution >= 0.6 is 0 Å². The predicted octanol–water partition coefficient (Wildman–Crippen LogP) is 17.1. The third-order valence-corrected chi connectivity index (χ3v) is 15.4. The topological polar surface area (TPSA) is 186 Å². The Morgan fingerprint density at radius 3 is 0.860 bits per heavy atom. The quantitative estimate of drug-likeness (QED) is 0.0305. The minimum atomic E-state index is -1.60. The number of ether oxygens (including phenoxy) is 4. The number of benzene rings is 3. The van der Waals surface area contributed by atoms with Crippen LogP contribution < -0.4 is 0 Å². The maximum Gasteiger partial charge on any atom is 0.306 e. The summed E-state index contributed by atoms with van der Waals surface area (Å²) in [6.07, 6.45) is 4.66. The highest BCUT2D eigenvalue weighted by molar-refractivity contribution is 5.72. The molecule has 0 aliphatic carbocycles. The van der Waals surface area contributed by atoms with Gasteiger partial charge in [0.25, 0.3) is 0 Å². The number of carbonyl (C=O) groups is 4. The van der Waals surface area contributed by atoms with Crippen molar-refractivity contribution in [3.63, 3.8) is 0 Å². The molecule has 3 aromatic carbocycles. The molecule has 0 aliphatic rings. The Hall–Kier alpha value is -6.04. The fourth-order valence-corrected chi connectivity index (χ4v) is 10.2. The van der Waals surface area contributed by atoms with Crippen LogP contribution in [0.2, 0.25) is 0 Å². The number of rotatable bonds is 23. The average molecular weight is 1190 g/mol. The predicted molar refractivity (Wildman–Crippen MR) is 348 cm³/mol. The number of hydrogen-bond donors (Lipinski definition) is 4. The first-order valence-corrected chi connectivity index (χ1v) is 30.9. The molecule has 0 heterocycles. The summed E-state index contributed by atoms with van der Waals surface area (Å²) in [5.41, 5.74) is 3.79. The molecule has 0 fully saturated rings. The third kappa shape index (κ3) is 22.6. The molecule has 0 amide bonds. The molecular formula is C74H112O12. The number of aliphatic hydroxyl groups excluding tert-OH is 1. The summed E-state index contributed by atoms with van der Waals surface area (Å²) in [5, 5.41) is 45.6. The molecule has 86 heavy (non-hydrogen) atoms. The molecule has 12 nitrogen and oxygen atoms in total. The third-order valence-electron chi connectivity index (χ3n) is 15.4. The SMILES string of the molecule is C=C/C(=C\C(=C(\O)CC(C)(C)C)C(C)(C)C)CCC(=O)OCC(COC(=O)CCc1cc(C(C)(C)C)c(O)c(C(C)(C)C)c1)(COC(=O)CCc1cc(C(C)(C)C)c(O)c(C(C)(C)C)c1)COC(=O)CCc1cc(C(C)(C)C)c(O)c(C(C)(C)C)c1. The van der Waals surface area contributed by atoms with Gasteiger partial charge in [0, 0.05) is 32.1 Å². The molecular weight excluding hydrogens is 1080 g/mol. The van der Waals surface area contributed by atoms with Gasteiger partial charge in [-0.2, -0.15) is 0 Å². The molecule has 0 spiro atoms. The van der Waals surface area contributed by atoms with E-state index in [9.17, 15) is 39.6 Å². The number of allylic oxidation sites excluding steroid dienone is 5. The largest absolute Gasteiger partial charge is 0.512 e. The zero-order valence-corrected chi connectivity index (χ0v) is 57.6. The minimum absolute atomic E-state index is 0.0696. The summed E-state index contributed by atoms with van der Waals surface area (Å²) < 4.78 is 24.3. The van der Waals surface area contributed by atoms with E-state index in [1.54, 1.807) is 6.08 Å². The van der Waals surface area contributed by atoms with Gasteiger partial charge in [-0.15, -0.1) is 0 Å². The van der Waals surface area contributed by atoms with Gasteiger partial charge in [-0.25, -0.2) is 0 Å². The molecule has 4 N–H and O–H groups in total. The van der Waals surface area contributed by atoms with Gasteiger partial charge >= 0.3 is 23.9 Å². The smallest absolute Gasteiger partial charge is 0.306 e. The van der Waals surface area contributed by atoms with Crippen molar-refractivity contribution in [3.8, 4) is 17.2 Å². The van der Waals surface area contributed by atoms with E-state index in [0.717, 1.165) is 55.6 Å². The maximum atomic E-state index is 14.1. The highest BCUT2D eigenvalue weighted by Crippen LogP contribution is 2.44. The molecule has 0 aromatic heterocycles. The first-order chi connectivity index (χ1) is 38.9. The van der Waals surface area contributed by atoms with Gasteiger partial charge in [-0.05, 0) is 130 Å². The van der Waals surface area contributed by atoms with Crippen molar-refractivity contribution in [3.05, 3.63) is 122 Å². The Bertz CT molecular complexity index is 2590. The van der Waals surface area contributed by atoms with Crippen LogP contribution in [0.4, 0.5) is 0 Å². The molecule has 0 bridgehead atoms. The zero-order valence-electron chi connectivity index (χ0n) is 57.6. The highest BCUT2D eigenvalue weighted by Gasteiger charge is 2.39. The second-order valence-electron chi connectivity index (χ2n) is 32.5. The number of aromatic hydroxyl groups is 3. The molecule has 480 valence electrons. The first kappa shape index (κ1) is 74.2. The number of hydrogen-bond acceptors (Lipinski definition) is 12. The number of phenols is 3. The van der Waals surface area contributed by atoms with E-state index >= 15 is 0 Å². The fraction of sp³-hybridized carbons (Fsp3) is 0.622. The first-order valence-electron chi connectivity index (χ1n) is 30.9. The summed E-state index contributed by atoms with van der Waals surface area (Å²) in [7, 11) is 0. The van der Waals surface area contributed by atoms with Gasteiger partial charge in [0.2, 0.25) is 0 Å². The molecule has 3 aromatic rings. The molecule has 0 radical (unpaired) electrons. The van der Waals surface area contributed by atoms with Gasteiger partial charge in [0.15, 0.2) is 0 Å². The lowest BCUT2D eigenvalue weighted by atomic mass is 9.78. The Kier molecular flexibility index (Phi) is 24.5. The second kappa shape index (κ2) is 28.4. The van der Waals surface area contributed by atoms with E-state index in [-0.39, 0.29) is 79.8 Å². The summed E-state index contributed by atoms with van der Waals surface area (Å²) in [6, 6.07) is 11.5. The lowest BCUT2D eigenvalue weighted by Crippen LogP contribution is -2.44. The van der Waals surface area contributed by atoms with Crippen molar-refractivity contribution < 1.29 is 58.6 Å². The highest BCUT2D eigenvalue weighted by atomic mass is 16.6. The van der Waals surface area contributed by atoms with Gasteiger partial charge in [-0.1, -0.05) is 221 Å². The number of esters is 4. The number of phenolic OH excluding ortho intramolecular Hbond substituents is 3. The van der Waals surface area contributed by atoms with Gasteiger partial charge < -0.3 is 39.4 Å². The van der Waals surface area contributed by atoms with Crippen molar-refractivity contribution in [1.82, 2.24) is 0 Å². The Balaban J connectivity index is 2.14. The van der Waals surface area contributed by atoms with Crippen molar-refractivity contribution in [2.45, 2.75) is 256 Å². The van der Waals surface area contributed by atoms with Crippen LogP contribution in [0.3, 0.4) is 0 Å². The van der Waals surface area contributed by atoms with E-state index in [1.165, 1.54) is 0 Å². The molecule has 0 aliphatic heterocycles. The monoisotopic (exact) mass is 1190 g/mol. The maximum absolute atomic E-state index is 14.1. The molecule has 0 atom stereocenters. The van der Waals surface area contributed by atoms with Crippen molar-refractivity contribution in [2.24, 2.45) is 16.2 Å². The zero-order chi connectivity index (χ0) is 66.1. The Morgan fingerprint density at radius 2 is 0.651 bits per heavy atom. The lowest BCUT2D eigenvalue weighted by Gasteiger charge is -2.32. The second-order valence-corrected chi connectivity index (χ2v) is 32.5. The van der Waals surface area contributed by atoms with E-state index in [0.29, 0.717) is 12.0 Å². The van der Waals surface area contributed by atoms with Crippen LogP contribution in [-0.2, 0) is 89.9 Å². The lowest BCUT2D eigenvalue weighted by molar-refractivity contribution is -0.170. The molecule has 12 heteroatoms. The molecule has 0 unspecified atom stereocenters. The van der Waals surface area contributed by atoms with E-state index in [4.69, 9.17) is 18.9 Å². The van der Waals surface area contributed by atoms with E-state index in [2.05, 4.69) is 6.58 Å². The van der Waals surface area contributed by atoms with Gasteiger partial charge in [0.1, 0.15) is 49.1 Å². The van der Waals surface area contributed by atoms with Crippen LogP contribution in [0.25, 0.3) is 0 Å². The van der Waals surface area contributed by atoms with Crippen molar-refractivity contribution >= 4 is 23.9 Å². The standard InChI is InChI=1S/C74H112O12/c1-26-47(35-51(67(5,6)7)58(75)42-66(2,3)4)27-31-59(76)83-43-74(44-84-60(77)32-28-48-36-52(68(8,9)10)63(80)53(37-48)69(11,12)13,45-85-61(78)33-29-49-38-54(70(14,15)16)64(81)55(39-49)71(17,18)19)46-86-62(79)34-30-50-40-56(72(20,21)22)65(82)57(41-50)73(23,24)25/h26,35-41,75,80-82H,1,27-34,42-46H2,2-25H3/b47-35+,58-51-. The van der Waals surface area contributed by atoms with Crippen LogP contribution in [-0.4, -0.2) is 70.7 Å². The number of aliphatic hydroxyl groups is 1. The molecule has 0 saturated heterocycles. The van der Waals surface area contributed by atoms with Crippen molar-refractivity contribution in [1.29, 1.82) is 0 Å². The van der Waals surface area contributed by atoms with Crippen LogP contribution in [0.1, 0.15) is 255 Å². The fourth-order valence-electron chi connectivity index (χ4n) is 10.2. The number of carbonyl (C=O) groups excluding carboxylic acids is 4. The summed E-state index contributed by atoms with van der Waals surface area (Å²) >= 11 is 0. The van der Waals surface area contributed by atoms with E-state index in [1.807, 2.05) is 209 Å². The van der Waals surface area contributed by atoms with Gasteiger partial charge in [0.05, 0.1) is 5.76 Å². The molecule has 3 rings (SSSR count). The van der Waals surface area contributed by atoms with Crippen molar-refractivity contribution in [2.75, 3.05) is 26.4 Å². The summed E-state index contributed by atoms with van der Waals surface area (Å²) in [5.74, 6) is -1.53. The van der Waals surface area contributed by atoms with Crippen LogP contribution in [0.15, 0.2) is 72.0 Å².